The van der Waals surface area contributed by atoms with E-state index in [-0.39, 0.29) is 17.5 Å². The van der Waals surface area contributed by atoms with Crippen LogP contribution in [-0.4, -0.2) is 61.6 Å². The molecule has 2 bridgehead atoms. The number of aryl methyl sites for hydroxylation is 1. The van der Waals surface area contributed by atoms with Gasteiger partial charge in [0.15, 0.2) is 0 Å². The summed E-state index contributed by atoms with van der Waals surface area (Å²) in [5.74, 6) is -0.332. The van der Waals surface area contributed by atoms with Crippen molar-refractivity contribution in [3.63, 3.8) is 0 Å². The Balaban J connectivity index is 1.91. The Bertz CT molecular complexity index is 549. The molecule has 0 N–H and O–H groups in total. The van der Waals surface area contributed by atoms with Crippen molar-refractivity contribution in [1.29, 1.82) is 0 Å². The van der Waals surface area contributed by atoms with E-state index in [0.29, 0.717) is 31.2 Å². The van der Waals surface area contributed by atoms with Gasteiger partial charge in [-0.3, -0.25) is 4.79 Å². The zero-order chi connectivity index (χ0) is 15.0. The Morgan fingerprint density at radius 3 is 2.90 bits per heavy atom. The molecule has 0 radical (unpaired) electrons. The third-order valence-electron chi connectivity index (χ3n) is 4.33. The Labute approximate surface area is 124 Å². The molecular formula is C16H21FN2O2. The summed E-state index contributed by atoms with van der Waals surface area (Å²) in [7, 11) is 2.06. The second kappa shape index (κ2) is 5.73. The van der Waals surface area contributed by atoms with Crippen LogP contribution in [0.15, 0.2) is 18.2 Å². The zero-order valence-corrected chi connectivity index (χ0v) is 12.5. The van der Waals surface area contributed by atoms with Gasteiger partial charge in [0.1, 0.15) is 5.82 Å². The van der Waals surface area contributed by atoms with Crippen molar-refractivity contribution in [3.05, 3.63) is 35.1 Å². The third-order valence-corrected chi connectivity index (χ3v) is 4.33. The van der Waals surface area contributed by atoms with Crippen molar-refractivity contribution in [2.75, 3.05) is 39.9 Å². The SMILES string of the molecule is Cc1cccc(C(=O)N2C[C@H]3COC[C@@H]2CN(C)C3)c1F. The van der Waals surface area contributed by atoms with Crippen LogP contribution in [0.3, 0.4) is 0 Å². The number of fused-ring (bicyclic) bond motifs is 3. The molecular weight excluding hydrogens is 271 g/mol. The van der Waals surface area contributed by atoms with Gasteiger partial charge in [-0.25, -0.2) is 4.39 Å². The van der Waals surface area contributed by atoms with E-state index in [9.17, 15) is 9.18 Å². The van der Waals surface area contributed by atoms with Crippen LogP contribution in [-0.2, 0) is 4.74 Å². The molecule has 0 saturated carbocycles. The summed E-state index contributed by atoms with van der Waals surface area (Å²) < 4.78 is 19.9. The van der Waals surface area contributed by atoms with Crippen molar-refractivity contribution in [1.82, 2.24) is 9.80 Å². The summed E-state index contributed by atoms with van der Waals surface area (Å²) in [6.45, 7) is 5.21. The molecule has 2 aliphatic heterocycles. The number of carbonyl (C=O) groups is 1. The lowest BCUT2D eigenvalue weighted by Crippen LogP contribution is -2.46. The first-order chi connectivity index (χ1) is 10.1. The number of likely N-dealkylation sites (N-methyl/N-ethyl adjacent to an activating group) is 1. The van der Waals surface area contributed by atoms with E-state index in [1.807, 2.05) is 0 Å². The van der Waals surface area contributed by atoms with E-state index in [1.54, 1.807) is 30.0 Å². The van der Waals surface area contributed by atoms with Crippen LogP contribution in [0.1, 0.15) is 15.9 Å². The highest BCUT2D eigenvalue weighted by Crippen LogP contribution is 2.22. The number of rotatable bonds is 1. The Morgan fingerprint density at radius 2 is 2.10 bits per heavy atom. The number of hydrogen-bond donors (Lipinski definition) is 0. The Kier molecular flexibility index (Phi) is 3.95. The van der Waals surface area contributed by atoms with Crippen LogP contribution < -0.4 is 0 Å². The topological polar surface area (TPSA) is 32.8 Å². The van der Waals surface area contributed by atoms with E-state index in [0.717, 1.165) is 13.1 Å². The number of hydrogen-bond acceptors (Lipinski definition) is 3. The van der Waals surface area contributed by atoms with Crippen molar-refractivity contribution in [3.8, 4) is 0 Å². The molecule has 2 saturated heterocycles. The molecule has 0 aromatic heterocycles. The fourth-order valence-corrected chi connectivity index (χ4v) is 3.29. The van der Waals surface area contributed by atoms with Crippen molar-refractivity contribution >= 4 is 5.91 Å². The van der Waals surface area contributed by atoms with Crippen LogP contribution >= 0.6 is 0 Å². The summed E-state index contributed by atoms with van der Waals surface area (Å²) in [4.78, 5) is 16.8. The second-order valence-corrected chi connectivity index (χ2v) is 6.17. The summed E-state index contributed by atoms with van der Waals surface area (Å²) >= 11 is 0. The van der Waals surface area contributed by atoms with Gasteiger partial charge in [-0.05, 0) is 25.6 Å². The maximum Gasteiger partial charge on any atom is 0.257 e. The lowest BCUT2D eigenvalue weighted by molar-refractivity contribution is 0.0481. The minimum atomic E-state index is -0.407. The van der Waals surface area contributed by atoms with E-state index in [1.165, 1.54) is 0 Å². The molecule has 2 heterocycles. The molecule has 0 unspecified atom stereocenters. The Hall–Kier alpha value is -1.46. The predicted octanol–water partition coefficient (Wildman–Crippen LogP) is 1.54. The monoisotopic (exact) mass is 292 g/mol. The fraction of sp³-hybridized carbons (Fsp3) is 0.562. The minimum absolute atomic E-state index is 0.00471. The van der Waals surface area contributed by atoms with Crippen LogP contribution in [0, 0.1) is 18.7 Å². The first-order valence-corrected chi connectivity index (χ1v) is 7.38. The van der Waals surface area contributed by atoms with Gasteiger partial charge in [-0.15, -0.1) is 0 Å². The third kappa shape index (κ3) is 2.80. The van der Waals surface area contributed by atoms with E-state index in [2.05, 4.69) is 11.9 Å². The molecule has 2 atom stereocenters. The van der Waals surface area contributed by atoms with Crippen LogP contribution in [0.25, 0.3) is 0 Å². The molecule has 1 aromatic carbocycles. The summed E-state index contributed by atoms with van der Waals surface area (Å²) in [6.07, 6.45) is 0. The summed E-state index contributed by atoms with van der Waals surface area (Å²) in [5, 5.41) is 0. The highest BCUT2D eigenvalue weighted by Gasteiger charge is 2.35. The number of nitrogens with zero attached hydrogens (tertiary/aromatic N) is 2. The maximum atomic E-state index is 14.2. The number of ether oxygens (including phenoxy) is 1. The highest BCUT2D eigenvalue weighted by atomic mass is 19.1. The van der Waals surface area contributed by atoms with Gasteiger partial charge >= 0.3 is 0 Å². The molecule has 1 aromatic rings. The van der Waals surface area contributed by atoms with E-state index < -0.39 is 5.82 Å². The average Bonchev–Trinajstić information content (AvgIpc) is 2.71. The molecule has 4 nitrogen and oxygen atoms in total. The molecule has 21 heavy (non-hydrogen) atoms. The van der Waals surface area contributed by atoms with Gasteiger partial charge in [-0.1, -0.05) is 12.1 Å². The zero-order valence-electron chi connectivity index (χ0n) is 12.5. The molecule has 0 spiro atoms. The Morgan fingerprint density at radius 1 is 1.29 bits per heavy atom. The first-order valence-electron chi connectivity index (χ1n) is 7.38. The molecule has 1 amide bonds. The van der Waals surface area contributed by atoms with Gasteiger partial charge in [0.2, 0.25) is 0 Å². The average molecular weight is 292 g/mol. The van der Waals surface area contributed by atoms with E-state index in [4.69, 9.17) is 4.74 Å². The van der Waals surface area contributed by atoms with Crippen molar-refractivity contribution in [2.45, 2.75) is 13.0 Å². The number of amides is 1. The first kappa shape index (κ1) is 14.5. The largest absolute Gasteiger partial charge is 0.379 e. The van der Waals surface area contributed by atoms with Gasteiger partial charge in [0.25, 0.3) is 5.91 Å². The molecule has 0 aliphatic carbocycles. The molecule has 2 aliphatic rings. The highest BCUT2D eigenvalue weighted by molar-refractivity contribution is 5.95. The molecule has 3 rings (SSSR count). The fourth-order valence-electron chi connectivity index (χ4n) is 3.29. The van der Waals surface area contributed by atoms with Crippen LogP contribution in [0.2, 0.25) is 0 Å². The number of benzene rings is 1. The molecule has 2 fully saturated rings. The number of carbonyl (C=O) groups excluding carboxylic acids is 1. The van der Waals surface area contributed by atoms with Gasteiger partial charge in [-0.2, -0.15) is 0 Å². The normalized spacial score (nSPS) is 26.5. The van der Waals surface area contributed by atoms with Gasteiger partial charge in [0.05, 0.1) is 24.8 Å². The van der Waals surface area contributed by atoms with Gasteiger partial charge in [0, 0.05) is 25.6 Å². The lowest BCUT2D eigenvalue weighted by Gasteiger charge is -2.30. The van der Waals surface area contributed by atoms with Crippen molar-refractivity contribution in [2.24, 2.45) is 5.92 Å². The van der Waals surface area contributed by atoms with Crippen LogP contribution in [0.4, 0.5) is 4.39 Å². The second-order valence-electron chi connectivity index (χ2n) is 6.17. The predicted molar refractivity (Wildman–Crippen MR) is 77.8 cm³/mol. The standard InChI is InChI=1S/C16H21FN2O2/c1-11-4-3-5-14(15(11)17)16(20)19-7-12-6-18(2)8-13(19)10-21-9-12/h3-5,12-13H,6-10H2,1-2H3/t12-,13-/m0/s1. The summed E-state index contributed by atoms with van der Waals surface area (Å²) in [5.41, 5.74) is 0.678. The van der Waals surface area contributed by atoms with Gasteiger partial charge < -0.3 is 14.5 Å². The number of halogens is 1. The smallest absolute Gasteiger partial charge is 0.257 e. The van der Waals surface area contributed by atoms with Crippen LogP contribution in [0.5, 0.6) is 0 Å². The van der Waals surface area contributed by atoms with E-state index >= 15 is 0 Å². The quantitative estimate of drug-likeness (QED) is 0.787. The summed E-state index contributed by atoms with van der Waals surface area (Å²) in [6, 6.07) is 4.99. The lowest BCUT2D eigenvalue weighted by atomic mass is 10.1. The van der Waals surface area contributed by atoms with Crippen molar-refractivity contribution < 1.29 is 13.9 Å². The maximum absolute atomic E-state index is 14.2. The molecule has 5 heteroatoms. The minimum Gasteiger partial charge on any atom is -0.379 e. The molecule has 114 valence electrons.